The van der Waals surface area contributed by atoms with Gasteiger partial charge in [0.25, 0.3) is 0 Å². The van der Waals surface area contributed by atoms with Gasteiger partial charge in [-0.1, -0.05) is 43.8 Å². The zero-order valence-corrected chi connectivity index (χ0v) is 19.1. The minimum absolute atomic E-state index is 0.143. The van der Waals surface area contributed by atoms with Gasteiger partial charge < -0.3 is 10.1 Å². The first-order valence-corrected chi connectivity index (χ1v) is 11.2. The number of fused-ring (bicyclic) bond motifs is 3. The molecule has 0 radical (unpaired) electrons. The average molecular weight is 452 g/mol. The summed E-state index contributed by atoms with van der Waals surface area (Å²) in [4.78, 5) is 31.2. The lowest BCUT2D eigenvalue weighted by molar-refractivity contribution is -0.121. The van der Waals surface area contributed by atoms with E-state index in [1.165, 1.54) is 20.8 Å². The van der Waals surface area contributed by atoms with Gasteiger partial charge in [0.1, 0.15) is 17.3 Å². The van der Waals surface area contributed by atoms with Crippen LogP contribution in [0.25, 0.3) is 16.7 Å². The molecule has 1 N–H and O–H groups in total. The second-order valence-electron chi connectivity index (χ2n) is 7.82. The number of hydrogen-bond acceptors (Lipinski definition) is 6. The van der Waals surface area contributed by atoms with Crippen LogP contribution in [0.15, 0.2) is 63.2 Å². The van der Waals surface area contributed by atoms with Crippen LogP contribution < -0.4 is 15.7 Å². The molecule has 0 unspecified atom stereocenters. The molecule has 2 aromatic heterocycles. The highest BCUT2D eigenvalue weighted by molar-refractivity contribution is 7.99. The summed E-state index contributed by atoms with van der Waals surface area (Å²) in [5.74, 6) is 0.977. The third-order valence-corrected chi connectivity index (χ3v) is 5.93. The minimum Gasteiger partial charge on any atom is -0.497 e. The normalized spacial score (nSPS) is 11.4. The second-order valence-corrected chi connectivity index (χ2v) is 8.88. The van der Waals surface area contributed by atoms with E-state index in [-0.39, 0.29) is 18.1 Å². The number of benzene rings is 2. The van der Waals surface area contributed by atoms with Gasteiger partial charge in [0.15, 0.2) is 5.65 Å². The third kappa shape index (κ3) is 4.62. The molecular formula is C23H25N5O3S. The molecule has 32 heavy (non-hydrogen) atoms. The summed E-state index contributed by atoms with van der Waals surface area (Å²) in [5, 5.41) is 7.91. The maximum Gasteiger partial charge on any atom is 0.351 e. The Balaban J connectivity index is 1.74. The van der Waals surface area contributed by atoms with E-state index in [2.05, 4.69) is 24.3 Å². The van der Waals surface area contributed by atoms with Gasteiger partial charge in [0.2, 0.25) is 5.91 Å². The lowest BCUT2D eigenvalue weighted by Gasteiger charge is -2.07. The minimum atomic E-state index is -0.370. The Morgan fingerprint density at radius 3 is 2.78 bits per heavy atom. The topological polar surface area (TPSA) is 90.5 Å². The van der Waals surface area contributed by atoms with Gasteiger partial charge >= 0.3 is 5.69 Å². The van der Waals surface area contributed by atoms with E-state index in [1.807, 2.05) is 48.5 Å². The monoisotopic (exact) mass is 451 g/mol. The van der Waals surface area contributed by atoms with Crippen LogP contribution in [0.1, 0.15) is 20.3 Å². The number of nitrogens with zero attached hydrogens (tertiary/aromatic N) is 4. The number of methoxy groups -OCH3 is 1. The van der Waals surface area contributed by atoms with Crippen molar-refractivity contribution in [1.82, 2.24) is 24.5 Å². The molecule has 2 heterocycles. The first-order valence-electron chi connectivity index (χ1n) is 10.4. The van der Waals surface area contributed by atoms with Crippen molar-refractivity contribution in [3.05, 3.63) is 59.0 Å². The highest BCUT2D eigenvalue weighted by atomic mass is 32.2. The number of carbonyl (C=O) groups is 1. The van der Waals surface area contributed by atoms with Gasteiger partial charge in [-0.05, 0) is 42.7 Å². The Hall–Kier alpha value is -3.33. The molecule has 1 amide bonds. The van der Waals surface area contributed by atoms with Crippen molar-refractivity contribution in [3.8, 4) is 5.75 Å². The first-order chi connectivity index (χ1) is 15.5. The van der Waals surface area contributed by atoms with Gasteiger partial charge in [-0.3, -0.25) is 4.79 Å². The summed E-state index contributed by atoms with van der Waals surface area (Å²) in [7, 11) is 1.61. The molecule has 0 aliphatic carbocycles. The SMILES string of the molecule is COc1cccc(Sc2nc3ccccc3n3c(=O)n(CC(=O)NCCC(C)C)nc23)c1. The summed E-state index contributed by atoms with van der Waals surface area (Å²) in [6.45, 7) is 4.62. The molecular weight excluding hydrogens is 426 g/mol. The zero-order valence-electron chi connectivity index (χ0n) is 18.2. The van der Waals surface area contributed by atoms with Crippen LogP contribution in [0.2, 0.25) is 0 Å². The molecule has 0 aliphatic heterocycles. The molecule has 166 valence electrons. The van der Waals surface area contributed by atoms with Crippen LogP contribution in [-0.2, 0) is 11.3 Å². The van der Waals surface area contributed by atoms with Crippen LogP contribution in [0.3, 0.4) is 0 Å². The molecule has 0 fully saturated rings. The number of nitrogens with one attached hydrogen (secondary N) is 1. The number of hydrogen-bond donors (Lipinski definition) is 1. The van der Waals surface area contributed by atoms with Gasteiger partial charge in [0, 0.05) is 11.4 Å². The summed E-state index contributed by atoms with van der Waals surface area (Å²) in [6.07, 6.45) is 0.877. The van der Waals surface area contributed by atoms with Crippen LogP contribution in [-0.4, -0.2) is 38.7 Å². The van der Waals surface area contributed by atoms with Gasteiger partial charge in [-0.2, -0.15) is 0 Å². The zero-order chi connectivity index (χ0) is 22.7. The van der Waals surface area contributed by atoms with E-state index in [4.69, 9.17) is 9.72 Å². The molecule has 0 aliphatic rings. The number of rotatable bonds is 8. The molecule has 0 bridgehead atoms. The van der Waals surface area contributed by atoms with E-state index in [0.717, 1.165) is 17.1 Å². The van der Waals surface area contributed by atoms with Crippen molar-refractivity contribution in [3.63, 3.8) is 0 Å². The van der Waals surface area contributed by atoms with Crippen molar-refractivity contribution in [2.75, 3.05) is 13.7 Å². The first kappa shape index (κ1) is 21.9. The van der Waals surface area contributed by atoms with Gasteiger partial charge in [-0.15, -0.1) is 5.10 Å². The van der Waals surface area contributed by atoms with Crippen molar-refractivity contribution in [2.45, 2.75) is 36.7 Å². The summed E-state index contributed by atoms with van der Waals surface area (Å²) < 4.78 is 8.03. The van der Waals surface area contributed by atoms with E-state index in [9.17, 15) is 9.59 Å². The number of para-hydroxylation sites is 2. The third-order valence-electron chi connectivity index (χ3n) is 4.97. The molecule has 0 atom stereocenters. The molecule has 0 spiro atoms. The Morgan fingerprint density at radius 2 is 2.00 bits per heavy atom. The smallest absolute Gasteiger partial charge is 0.351 e. The van der Waals surface area contributed by atoms with Crippen molar-refractivity contribution in [1.29, 1.82) is 0 Å². The molecule has 0 saturated heterocycles. The van der Waals surface area contributed by atoms with E-state index in [0.29, 0.717) is 34.2 Å². The fraction of sp³-hybridized carbons (Fsp3) is 0.304. The highest BCUT2D eigenvalue weighted by Crippen LogP contribution is 2.32. The molecule has 0 saturated carbocycles. The fourth-order valence-electron chi connectivity index (χ4n) is 3.31. The number of aromatic nitrogens is 4. The Labute approximate surface area is 189 Å². The number of carbonyl (C=O) groups excluding carboxylic acids is 1. The molecule has 9 heteroatoms. The van der Waals surface area contributed by atoms with Crippen LogP contribution >= 0.6 is 11.8 Å². The van der Waals surface area contributed by atoms with E-state index < -0.39 is 0 Å². The molecule has 4 rings (SSSR count). The quantitative estimate of drug-likeness (QED) is 0.442. The Bertz CT molecular complexity index is 1330. The summed E-state index contributed by atoms with van der Waals surface area (Å²) in [6, 6.07) is 15.0. The number of amides is 1. The maximum atomic E-state index is 13.2. The highest BCUT2D eigenvalue weighted by Gasteiger charge is 2.18. The summed E-state index contributed by atoms with van der Waals surface area (Å²) in [5.41, 5.74) is 1.36. The summed E-state index contributed by atoms with van der Waals surface area (Å²) >= 11 is 1.39. The van der Waals surface area contributed by atoms with E-state index in [1.54, 1.807) is 7.11 Å². The average Bonchev–Trinajstić information content (AvgIpc) is 3.10. The van der Waals surface area contributed by atoms with Crippen molar-refractivity contribution >= 4 is 34.3 Å². The molecule has 8 nitrogen and oxygen atoms in total. The maximum absolute atomic E-state index is 13.2. The molecule has 4 aromatic rings. The Morgan fingerprint density at radius 1 is 1.19 bits per heavy atom. The molecule has 2 aromatic carbocycles. The van der Waals surface area contributed by atoms with E-state index >= 15 is 0 Å². The van der Waals surface area contributed by atoms with Crippen LogP contribution in [0, 0.1) is 5.92 Å². The fourth-order valence-corrected chi connectivity index (χ4v) is 4.22. The van der Waals surface area contributed by atoms with Crippen molar-refractivity contribution < 1.29 is 9.53 Å². The van der Waals surface area contributed by atoms with Crippen molar-refractivity contribution in [2.24, 2.45) is 5.92 Å². The van der Waals surface area contributed by atoms with Gasteiger partial charge in [0.05, 0.1) is 18.1 Å². The largest absolute Gasteiger partial charge is 0.497 e. The lowest BCUT2D eigenvalue weighted by atomic mass is 10.1. The Kier molecular flexibility index (Phi) is 6.45. The second kappa shape index (κ2) is 9.44. The lowest BCUT2D eigenvalue weighted by Crippen LogP contribution is -2.33. The predicted octanol–water partition coefficient (Wildman–Crippen LogP) is 3.37. The number of ether oxygens (including phenoxy) is 1. The van der Waals surface area contributed by atoms with Crippen LogP contribution in [0.4, 0.5) is 0 Å². The van der Waals surface area contributed by atoms with Crippen LogP contribution in [0.5, 0.6) is 5.75 Å². The van der Waals surface area contributed by atoms with Gasteiger partial charge in [-0.25, -0.2) is 18.9 Å². The standard InChI is InChI=1S/C23H25N5O3S/c1-15(2)11-12-24-20(29)14-27-23(30)28-19-10-5-4-9-18(19)25-22(21(28)26-27)32-17-8-6-7-16(13-17)31-3/h4-10,13,15H,11-12,14H2,1-3H3,(H,24,29). The predicted molar refractivity (Wildman–Crippen MR) is 124 cm³/mol.